The van der Waals surface area contributed by atoms with Crippen molar-refractivity contribution in [2.45, 2.75) is 6.54 Å². The molecule has 0 aliphatic heterocycles. The van der Waals surface area contributed by atoms with Gasteiger partial charge in [0.15, 0.2) is 0 Å². The maximum Gasteiger partial charge on any atom is 0.0587 e. The first-order valence-corrected chi connectivity index (χ1v) is 7.12. The Morgan fingerprint density at radius 3 is 2.83 bits per heavy atom. The van der Waals surface area contributed by atoms with Gasteiger partial charge >= 0.3 is 0 Å². The highest BCUT2D eigenvalue weighted by Crippen LogP contribution is 2.22. The molecule has 1 aromatic rings. The van der Waals surface area contributed by atoms with E-state index in [0.717, 1.165) is 42.3 Å². The highest BCUT2D eigenvalue weighted by molar-refractivity contribution is 9.10. The minimum Gasteiger partial charge on any atom is -0.383 e. The van der Waals surface area contributed by atoms with Crippen molar-refractivity contribution < 1.29 is 4.74 Å². The van der Waals surface area contributed by atoms with Crippen LogP contribution in [-0.4, -0.2) is 45.3 Å². The number of nitrogens with one attached hydrogen (secondary N) is 1. The largest absolute Gasteiger partial charge is 0.383 e. The molecule has 0 aromatic heterocycles. The normalized spacial score (nSPS) is 11.2. The molecule has 0 heterocycles. The van der Waals surface area contributed by atoms with E-state index in [2.05, 4.69) is 39.3 Å². The molecule has 0 atom stereocenters. The van der Waals surface area contributed by atoms with Crippen molar-refractivity contribution in [3.05, 3.63) is 33.3 Å². The number of nitrogens with zero attached hydrogens (tertiary/aromatic N) is 1. The van der Waals surface area contributed by atoms with Gasteiger partial charge in [-0.05, 0) is 24.7 Å². The van der Waals surface area contributed by atoms with Crippen molar-refractivity contribution in [3.63, 3.8) is 0 Å². The van der Waals surface area contributed by atoms with Crippen LogP contribution < -0.4 is 5.32 Å². The van der Waals surface area contributed by atoms with Crippen molar-refractivity contribution in [3.8, 4) is 0 Å². The second-order valence-electron chi connectivity index (χ2n) is 4.22. The fourth-order valence-corrected chi connectivity index (χ4v) is 2.40. The van der Waals surface area contributed by atoms with Gasteiger partial charge in [0.25, 0.3) is 0 Å². The predicted octanol–water partition coefficient (Wildman–Crippen LogP) is 2.77. The molecular formula is C13H20BrClN2O. The maximum atomic E-state index is 5.92. The molecule has 102 valence electrons. The molecule has 0 saturated carbocycles. The quantitative estimate of drug-likeness (QED) is 0.739. The Balaban J connectivity index is 2.28. The summed E-state index contributed by atoms with van der Waals surface area (Å²) < 4.78 is 6.04. The summed E-state index contributed by atoms with van der Waals surface area (Å²) in [6, 6.07) is 5.91. The van der Waals surface area contributed by atoms with Gasteiger partial charge in [0, 0.05) is 42.8 Å². The molecular weight excluding hydrogens is 316 g/mol. The number of benzene rings is 1. The Hall–Kier alpha value is -0.130. The smallest absolute Gasteiger partial charge is 0.0587 e. The maximum absolute atomic E-state index is 5.92. The van der Waals surface area contributed by atoms with Crippen LogP contribution in [0.1, 0.15) is 5.56 Å². The monoisotopic (exact) mass is 334 g/mol. The zero-order valence-corrected chi connectivity index (χ0v) is 13.2. The third-order valence-corrected chi connectivity index (χ3v) is 3.58. The molecule has 18 heavy (non-hydrogen) atoms. The zero-order valence-electron chi connectivity index (χ0n) is 10.9. The SMILES string of the molecule is COCCNCCN(C)Cc1ccc(Cl)cc1Br. The van der Waals surface area contributed by atoms with Crippen molar-refractivity contribution in [2.75, 3.05) is 40.4 Å². The first-order valence-electron chi connectivity index (χ1n) is 5.95. The average Bonchev–Trinajstić information content (AvgIpc) is 2.32. The van der Waals surface area contributed by atoms with Gasteiger partial charge in [-0.3, -0.25) is 0 Å². The van der Waals surface area contributed by atoms with E-state index in [9.17, 15) is 0 Å². The van der Waals surface area contributed by atoms with E-state index in [1.165, 1.54) is 5.56 Å². The summed E-state index contributed by atoms with van der Waals surface area (Å²) in [5, 5.41) is 4.09. The van der Waals surface area contributed by atoms with Gasteiger partial charge in [0.2, 0.25) is 0 Å². The number of hydrogen-bond acceptors (Lipinski definition) is 3. The molecule has 0 fully saturated rings. The lowest BCUT2D eigenvalue weighted by Gasteiger charge is -2.18. The second-order valence-corrected chi connectivity index (χ2v) is 5.51. The first-order chi connectivity index (χ1) is 8.63. The lowest BCUT2D eigenvalue weighted by atomic mass is 10.2. The molecule has 1 aromatic carbocycles. The fourth-order valence-electron chi connectivity index (χ4n) is 1.59. The molecule has 0 aliphatic rings. The van der Waals surface area contributed by atoms with Crippen LogP contribution in [0.3, 0.4) is 0 Å². The van der Waals surface area contributed by atoms with Crippen LogP contribution in [0.15, 0.2) is 22.7 Å². The Morgan fingerprint density at radius 1 is 1.39 bits per heavy atom. The van der Waals surface area contributed by atoms with Crippen molar-refractivity contribution in [1.82, 2.24) is 10.2 Å². The minimum atomic E-state index is 0.756. The Kier molecular flexibility index (Phi) is 7.86. The molecule has 1 rings (SSSR count). The molecule has 0 saturated heterocycles. The first kappa shape index (κ1) is 15.9. The van der Waals surface area contributed by atoms with E-state index in [1.54, 1.807) is 7.11 Å². The summed E-state index contributed by atoms with van der Waals surface area (Å²) in [7, 11) is 3.82. The number of likely N-dealkylation sites (N-methyl/N-ethyl adjacent to an activating group) is 1. The summed E-state index contributed by atoms with van der Waals surface area (Å²) in [6.45, 7) is 4.52. The summed E-state index contributed by atoms with van der Waals surface area (Å²) in [4.78, 5) is 2.27. The number of ether oxygens (including phenoxy) is 1. The topological polar surface area (TPSA) is 24.5 Å². The lowest BCUT2D eigenvalue weighted by molar-refractivity contribution is 0.197. The van der Waals surface area contributed by atoms with E-state index >= 15 is 0 Å². The van der Waals surface area contributed by atoms with E-state index in [-0.39, 0.29) is 0 Å². The highest BCUT2D eigenvalue weighted by Gasteiger charge is 2.04. The van der Waals surface area contributed by atoms with Crippen LogP contribution in [0.5, 0.6) is 0 Å². The van der Waals surface area contributed by atoms with Gasteiger partial charge in [0.05, 0.1) is 6.61 Å². The Morgan fingerprint density at radius 2 is 2.17 bits per heavy atom. The third kappa shape index (κ3) is 6.16. The number of methoxy groups -OCH3 is 1. The summed E-state index contributed by atoms with van der Waals surface area (Å²) in [5.41, 5.74) is 1.25. The molecule has 0 unspecified atom stereocenters. The Bertz CT molecular complexity index is 363. The third-order valence-electron chi connectivity index (χ3n) is 2.61. The van der Waals surface area contributed by atoms with Crippen LogP contribution in [-0.2, 0) is 11.3 Å². The van der Waals surface area contributed by atoms with E-state index < -0.39 is 0 Å². The predicted molar refractivity (Wildman–Crippen MR) is 80.2 cm³/mol. The van der Waals surface area contributed by atoms with Crippen molar-refractivity contribution in [2.24, 2.45) is 0 Å². The van der Waals surface area contributed by atoms with Crippen LogP contribution in [0.2, 0.25) is 5.02 Å². The summed E-state index contributed by atoms with van der Waals surface area (Å²) >= 11 is 9.45. The van der Waals surface area contributed by atoms with Gasteiger partial charge in [0.1, 0.15) is 0 Å². The molecule has 3 nitrogen and oxygen atoms in total. The molecule has 0 radical (unpaired) electrons. The molecule has 5 heteroatoms. The van der Waals surface area contributed by atoms with Crippen molar-refractivity contribution in [1.29, 1.82) is 0 Å². The average molecular weight is 336 g/mol. The fraction of sp³-hybridized carbons (Fsp3) is 0.538. The number of halogens is 2. The minimum absolute atomic E-state index is 0.756. The van der Waals surface area contributed by atoms with Gasteiger partial charge in [-0.2, -0.15) is 0 Å². The molecule has 0 bridgehead atoms. The number of hydrogen-bond donors (Lipinski definition) is 1. The summed E-state index contributed by atoms with van der Waals surface area (Å²) in [6.07, 6.45) is 0. The Labute approximate surface area is 123 Å². The van der Waals surface area contributed by atoms with Gasteiger partial charge in [-0.25, -0.2) is 0 Å². The molecule has 0 amide bonds. The zero-order chi connectivity index (χ0) is 13.4. The van der Waals surface area contributed by atoms with E-state index in [1.807, 2.05) is 12.1 Å². The second kappa shape index (κ2) is 8.88. The molecule has 0 spiro atoms. The van der Waals surface area contributed by atoms with Crippen LogP contribution in [0, 0.1) is 0 Å². The van der Waals surface area contributed by atoms with Gasteiger partial charge < -0.3 is 15.0 Å². The molecule has 1 N–H and O–H groups in total. The standard InChI is InChI=1S/C13H20BrClN2O/c1-17(7-5-16-6-8-18-2)10-11-3-4-12(15)9-13(11)14/h3-4,9,16H,5-8,10H2,1-2H3. The molecule has 0 aliphatic carbocycles. The van der Waals surface area contributed by atoms with Gasteiger partial charge in [-0.15, -0.1) is 0 Å². The van der Waals surface area contributed by atoms with Gasteiger partial charge in [-0.1, -0.05) is 33.6 Å². The lowest BCUT2D eigenvalue weighted by Crippen LogP contribution is -2.30. The summed E-state index contributed by atoms with van der Waals surface area (Å²) in [5.74, 6) is 0. The van der Waals surface area contributed by atoms with Crippen molar-refractivity contribution >= 4 is 27.5 Å². The van der Waals surface area contributed by atoms with Crippen LogP contribution in [0.25, 0.3) is 0 Å². The number of rotatable bonds is 8. The van der Waals surface area contributed by atoms with E-state index in [4.69, 9.17) is 16.3 Å². The highest BCUT2D eigenvalue weighted by atomic mass is 79.9. The van der Waals surface area contributed by atoms with E-state index in [0.29, 0.717) is 0 Å². The van der Waals surface area contributed by atoms with Crippen LogP contribution >= 0.6 is 27.5 Å². The van der Waals surface area contributed by atoms with Crippen LogP contribution in [0.4, 0.5) is 0 Å².